The van der Waals surface area contributed by atoms with Crippen LogP contribution in [0.1, 0.15) is 11.3 Å². The van der Waals surface area contributed by atoms with E-state index in [1.54, 1.807) is 0 Å². The van der Waals surface area contributed by atoms with Gasteiger partial charge >= 0.3 is 6.18 Å². The molecule has 0 aliphatic carbocycles. The van der Waals surface area contributed by atoms with E-state index >= 15 is 0 Å². The van der Waals surface area contributed by atoms with Crippen molar-refractivity contribution in [3.8, 4) is 0 Å². The standard InChI is InChI=1S/C11H17F3N4/c1-17-8-9(10(16-17)11(12,13)14)2-5-18-6-3-15-4-7-18/h8,15H,2-7H2,1H3. The molecule has 1 aliphatic rings. The summed E-state index contributed by atoms with van der Waals surface area (Å²) in [7, 11) is 1.52. The fraction of sp³-hybridized carbons (Fsp3) is 0.727. The van der Waals surface area contributed by atoms with Gasteiger partial charge in [-0.2, -0.15) is 18.3 Å². The number of aryl methyl sites for hydroxylation is 1. The van der Waals surface area contributed by atoms with Gasteiger partial charge in [0.1, 0.15) is 0 Å². The molecule has 0 spiro atoms. The number of alkyl halides is 3. The van der Waals surface area contributed by atoms with Crippen molar-refractivity contribution in [3.05, 3.63) is 17.5 Å². The Morgan fingerprint density at radius 2 is 2.00 bits per heavy atom. The summed E-state index contributed by atoms with van der Waals surface area (Å²) in [5.41, 5.74) is -0.469. The van der Waals surface area contributed by atoms with Crippen LogP contribution in [0.2, 0.25) is 0 Å². The Hall–Kier alpha value is -1.08. The van der Waals surface area contributed by atoms with Crippen molar-refractivity contribution in [2.24, 2.45) is 7.05 Å². The Morgan fingerprint density at radius 1 is 1.33 bits per heavy atom. The third-order valence-electron chi connectivity index (χ3n) is 3.08. The van der Waals surface area contributed by atoms with Crippen LogP contribution in [0.25, 0.3) is 0 Å². The Balaban J connectivity index is 2.00. The van der Waals surface area contributed by atoms with Crippen LogP contribution in [-0.2, 0) is 19.6 Å². The molecular formula is C11H17F3N4. The molecule has 1 saturated heterocycles. The Labute approximate surface area is 104 Å². The summed E-state index contributed by atoms with van der Waals surface area (Å²) in [4.78, 5) is 2.17. The number of aromatic nitrogens is 2. The SMILES string of the molecule is Cn1cc(CCN2CCNCC2)c(C(F)(F)F)n1. The molecule has 18 heavy (non-hydrogen) atoms. The van der Waals surface area contributed by atoms with E-state index in [0.29, 0.717) is 13.0 Å². The van der Waals surface area contributed by atoms with Crippen LogP contribution in [0.5, 0.6) is 0 Å². The molecule has 1 fully saturated rings. The van der Waals surface area contributed by atoms with Crippen molar-refractivity contribution in [1.29, 1.82) is 0 Å². The van der Waals surface area contributed by atoms with Crippen molar-refractivity contribution < 1.29 is 13.2 Å². The summed E-state index contributed by atoms with van der Waals surface area (Å²) < 4.78 is 39.4. The molecular weight excluding hydrogens is 245 g/mol. The lowest BCUT2D eigenvalue weighted by Gasteiger charge is -2.27. The maximum absolute atomic E-state index is 12.7. The number of hydrogen-bond donors (Lipinski definition) is 1. The van der Waals surface area contributed by atoms with E-state index in [1.807, 2.05) is 0 Å². The van der Waals surface area contributed by atoms with E-state index in [0.717, 1.165) is 26.2 Å². The Bertz CT molecular complexity index is 393. The molecule has 1 aromatic heterocycles. The number of hydrogen-bond acceptors (Lipinski definition) is 3. The van der Waals surface area contributed by atoms with Gasteiger partial charge in [0.05, 0.1) is 0 Å². The molecule has 0 unspecified atom stereocenters. The zero-order chi connectivity index (χ0) is 13.2. The van der Waals surface area contributed by atoms with Gasteiger partial charge in [-0.25, -0.2) is 0 Å². The lowest BCUT2D eigenvalue weighted by Crippen LogP contribution is -2.44. The molecule has 7 heteroatoms. The number of rotatable bonds is 3. The number of nitrogens with zero attached hydrogens (tertiary/aromatic N) is 3. The highest BCUT2D eigenvalue weighted by Gasteiger charge is 2.36. The molecule has 2 heterocycles. The minimum atomic E-state index is -4.36. The number of halogens is 3. The number of piperazine rings is 1. The second-order valence-corrected chi connectivity index (χ2v) is 4.52. The van der Waals surface area contributed by atoms with Gasteiger partial charge in [0, 0.05) is 51.5 Å². The molecule has 4 nitrogen and oxygen atoms in total. The maximum atomic E-state index is 12.7. The Kier molecular flexibility index (Phi) is 3.91. The third-order valence-corrected chi connectivity index (χ3v) is 3.08. The lowest BCUT2D eigenvalue weighted by molar-refractivity contribution is -0.142. The van der Waals surface area contributed by atoms with Crippen LogP contribution in [0.4, 0.5) is 13.2 Å². The lowest BCUT2D eigenvalue weighted by atomic mass is 10.1. The zero-order valence-corrected chi connectivity index (χ0v) is 10.3. The Morgan fingerprint density at radius 3 is 2.61 bits per heavy atom. The molecule has 102 valence electrons. The van der Waals surface area contributed by atoms with Crippen LogP contribution >= 0.6 is 0 Å². The molecule has 0 atom stereocenters. The fourth-order valence-electron chi connectivity index (χ4n) is 2.17. The molecule has 0 amide bonds. The number of nitrogens with one attached hydrogen (secondary N) is 1. The highest BCUT2D eigenvalue weighted by atomic mass is 19.4. The predicted molar refractivity (Wildman–Crippen MR) is 61.2 cm³/mol. The predicted octanol–water partition coefficient (Wildman–Crippen LogP) is 0.887. The monoisotopic (exact) mass is 262 g/mol. The van der Waals surface area contributed by atoms with Gasteiger partial charge in [0.15, 0.2) is 5.69 Å². The normalized spacial score (nSPS) is 18.2. The molecule has 1 aromatic rings. The van der Waals surface area contributed by atoms with Crippen LogP contribution in [0, 0.1) is 0 Å². The van der Waals surface area contributed by atoms with Crippen molar-refractivity contribution in [1.82, 2.24) is 20.0 Å². The molecule has 2 rings (SSSR count). The minimum absolute atomic E-state index is 0.281. The fourth-order valence-corrected chi connectivity index (χ4v) is 2.17. The largest absolute Gasteiger partial charge is 0.435 e. The van der Waals surface area contributed by atoms with Gasteiger partial charge in [0.2, 0.25) is 0 Å². The highest BCUT2D eigenvalue weighted by Crippen LogP contribution is 2.30. The van der Waals surface area contributed by atoms with Crippen LogP contribution < -0.4 is 5.32 Å². The van der Waals surface area contributed by atoms with Crippen molar-refractivity contribution in [2.75, 3.05) is 32.7 Å². The van der Waals surface area contributed by atoms with E-state index in [2.05, 4.69) is 15.3 Å². The van der Waals surface area contributed by atoms with E-state index < -0.39 is 11.9 Å². The van der Waals surface area contributed by atoms with Crippen LogP contribution in [0.3, 0.4) is 0 Å². The first-order valence-electron chi connectivity index (χ1n) is 5.99. The second-order valence-electron chi connectivity index (χ2n) is 4.52. The first-order chi connectivity index (χ1) is 8.47. The zero-order valence-electron chi connectivity index (χ0n) is 10.3. The van der Waals surface area contributed by atoms with E-state index in [-0.39, 0.29) is 5.56 Å². The maximum Gasteiger partial charge on any atom is 0.435 e. The summed E-state index contributed by atoms with van der Waals surface area (Å²) in [6.07, 6.45) is -2.51. The van der Waals surface area contributed by atoms with Crippen molar-refractivity contribution in [2.45, 2.75) is 12.6 Å². The summed E-state index contributed by atoms with van der Waals surface area (Å²) in [6, 6.07) is 0. The first-order valence-corrected chi connectivity index (χ1v) is 5.99. The van der Waals surface area contributed by atoms with Crippen LogP contribution in [0.15, 0.2) is 6.20 Å². The van der Waals surface area contributed by atoms with Gasteiger partial charge in [-0.05, 0) is 6.42 Å². The molecule has 1 aliphatic heterocycles. The van der Waals surface area contributed by atoms with E-state index in [9.17, 15) is 13.2 Å². The third kappa shape index (κ3) is 3.23. The van der Waals surface area contributed by atoms with Gasteiger partial charge in [-0.3, -0.25) is 4.68 Å². The highest BCUT2D eigenvalue weighted by molar-refractivity contribution is 5.20. The van der Waals surface area contributed by atoms with E-state index in [4.69, 9.17) is 0 Å². The van der Waals surface area contributed by atoms with Gasteiger partial charge in [-0.15, -0.1) is 0 Å². The average molecular weight is 262 g/mol. The average Bonchev–Trinajstić information content (AvgIpc) is 2.69. The summed E-state index contributed by atoms with van der Waals surface area (Å²) in [5, 5.41) is 6.72. The first kappa shape index (κ1) is 13.4. The van der Waals surface area contributed by atoms with E-state index in [1.165, 1.54) is 17.9 Å². The summed E-state index contributed by atoms with van der Waals surface area (Å²) in [6.45, 7) is 4.23. The second kappa shape index (κ2) is 5.27. The van der Waals surface area contributed by atoms with Crippen molar-refractivity contribution >= 4 is 0 Å². The summed E-state index contributed by atoms with van der Waals surface area (Å²) in [5.74, 6) is 0. The molecule has 0 saturated carbocycles. The molecule has 0 aromatic carbocycles. The minimum Gasteiger partial charge on any atom is -0.314 e. The van der Waals surface area contributed by atoms with Crippen LogP contribution in [-0.4, -0.2) is 47.4 Å². The molecule has 1 N–H and O–H groups in total. The topological polar surface area (TPSA) is 33.1 Å². The van der Waals surface area contributed by atoms with Gasteiger partial charge in [-0.1, -0.05) is 0 Å². The quantitative estimate of drug-likeness (QED) is 0.878. The summed E-state index contributed by atoms with van der Waals surface area (Å²) >= 11 is 0. The smallest absolute Gasteiger partial charge is 0.314 e. The molecule has 0 bridgehead atoms. The van der Waals surface area contributed by atoms with Gasteiger partial charge < -0.3 is 10.2 Å². The van der Waals surface area contributed by atoms with Crippen molar-refractivity contribution in [3.63, 3.8) is 0 Å². The van der Waals surface area contributed by atoms with Gasteiger partial charge in [0.25, 0.3) is 0 Å². The molecule has 0 radical (unpaired) electrons.